The number of methoxy groups -OCH3 is 3. The Morgan fingerprint density at radius 2 is 1.62 bits per heavy atom. The molecule has 3 rings (SSSR count). The van der Waals surface area contributed by atoms with Gasteiger partial charge in [-0.25, -0.2) is 0 Å². The summed E-state index contributed by atoms with van der Waals surface area (Å²) in [4.78, 5) is 4.49. The summed E-state index contributed by atoms with van der Waals surface area (Å²) in [5.74, 6) is 2.52. The molecule has 0 unspecified atom stereocenters. The highest BCUT2D eigenvalue weighted by Crippen LogP contribution is 2.41. The molecule has 0 bridgehead atoms. The van der Waals surface area contributed by atoms with Gasteiger partial charge in [0.2, 0.25) is 5.75 Å². The number of benzene rings is 1. The van der Waals surface area contributed by atoms with Gasteiger partial charge in [-0.3, -0.25) is 0 Å². The highest BCUT2D eigenvalue weighted by Gasteiger charge is 2.36. The van der Waals surface area contributed by atoms with Crippen molar-refractivity contribution in [3.8, 4) is 28.7 Å². The summed E-state index contributed by atoms with van der Waals surface area (Å²) in [6.07, 6.45) is 3.93. The normalized spacial score (nSPS) is 15.7. The molecule has 8 heteroatoms. The van der Waals surface area contributed by atoms with Gasteiger partial charge in [-0.15, -0.1) is 12.4 Å². The number of nitrogens with two attached hydrogens (primary N) is 1. The van der Waals surface area contributed by atoms with Gasteiger partial charge >= 0.3 is 0 Å². The molecular weight excluding hydrogens is 334 g/mol. The third-order valence-electron chi connectivity index (χ3n) is 4.28. The van der Waals surface area contributed by atoms with Crippen molar-refractivity contribution in [1.29, 1.82) is 0 Å². The highest BCUT2D eigenvalue weighted by molar-refractivity contribution is 5.85. The second-order valence-electron chi connectivity index (χ2n) is 5.70. The van der Waals surface area contributed by atoms with Gasteiger partial charge < -0.3 is 24.5 Å². The van der Waals surface area contributed by atoms with Gasteiger partial charge in [-0.1, -0.05) is 18.0 Å². The van der Waals surface area contributed by atoms with E-state index in [1.165, 1.54) is 0 Å². The van der Waals surface area contributed by atoms with Crippen LogP contribution < -0.4 is 19.9 Å². The molecule has 1 aliphatic carbocycles. The molecule has 1 aliphatic rings. The van der Waals surface area contributed by atoms with Crippen molar-refractivity contribution in [3.05, 3.63) is 18.0 Å². The lowest BCUT2D eigenvalue weighted by molar-refractivity contribution is 0.324. The predicted molar refractivity (Wildman–Crippen MR) is 91.0 cm³/mol. The van der Waals surface area contributed by atoms with Crippen molar-refractivity contribution < 1.29 is 18.7 Å². The first-order chi connectivity index (χ1) is 11.1. The first kappa shape index (κ1) is 18.4. The lowest BCUT2D eigenvalue weighted by Gasteiger charge is -2.17. The third-order valence-corrected chi connectivity index (χ3v) is 4.28. The quantitative estimate of drug-likeness (QED) is 0.881. The lowest BCUT2D eigenvalue weighted by Crippen LogP contribution is -2.34. The van der Waals surface area contributed by atoms with Gasteiger partial charge in [0.1, 0.15) is 0 Å². The number of hydrogen-bond acceptors (Lipinski definition) is 7. The number of halogens is 1. The maximum absolute atomic E-state index is 6.38. The van der Waals surface area contributed by atoms with E-state index in [9.17, 15) is 0 Å². The first-order valence-corrected chi connectivity index (χ1v) is 7.55. The van der Waals surface area contributed by atoms with E-state index in [2.05, 4.69) is 10.1 Å². The van der Waals surface area contributed by atoms with E-state index in [0.717, 1.165) is 25.7 Å². The minimum atomic E-state index is -0.484. The number of hydrogen-bond donors (Lipinski definition) is 1. The fourth-order valence-corrected chi connectivity index (χ4v) is 2.98. The fourth-order valence-electron chi connectivity index (χ4n) is 2.98. The summed E-state index contributed by atoms with van der Waals surface area (Å²) in [5, 5.41) is 4.08. The van der Waals surface area contributed by atoms with Crippen LogP contribution in [0.25, 0.3) is 11.5 Å². The molecule has 0 atom stereocenters. The lowest BCUT2D eigenvalue weighted by atomic mass is 9.99. The van der Waals surface area contributed by atoms with Crippen molar-refractivity contribution >= 4 is 12.4 Å². The molecule has 1 saturated carbocycles. The molecule has 0 aliphatic heterocycles. The van der Waals surface area contributed by atoms with Crippen LogP contribution in [0.2, 0.25) is 0 Å². The largest absolute Gasteiger partial charge is 0.493 e. The van der Waals surface area contributed by atoms with Crippen LogP contribution in [0.1, 0.15) is 31.5 Å². The van der Waals surface area contributed by atoms with Crippen molar-refractivity contribution in [3.63, 3.8) is 0 Å². The molecule has 1 fully saturated rings. The number of aromatic nitrogens is 2. The molecule has 0 amide bonds. The molecule has 7 nitrogen and oxygen atoms in total. The topological polar surface area (TPSA) is 92.6 Å². The van der Waals surface area contributed by atoms with Crippen LogP contribution in [0.5, 0.6) is 17.2 Å². The number of nitrogens with zero attached hydrogens (tertiary/aromatic N) is 2. The average molecular weight is 356 g/mol. The van der Waals surface area contributed by atoms with Crippen LogP contribution >= 0.6 is 12.4 Å². The summed E-state index contributed by atoms with van der Waals surface area (Å²) in [7, 11) is 4.69. The van der Waals surface area contributed by atoms with Gasteiger partial charge in [0.25, 0.3) is 5.89 Å². The van der Waals surface area contributed by atoms with Gasteiger partial charge in [0.05, 0.1) is 26.9 Å². The second-order valence-corrected chi connectivity index (χ2v) is 5.70. The average Bonchev–Trinajstić information content (AvgIpc) is 3.23. The van der Waals surface area contributed by atoms with Crippen LogP contribution in [-0.4, -0.2) is 31.5 Å². The van der Waals surface area contributed by atoms with E-state index in [0.29, 0.717) is 34.5 Å². The molecule has 132 valence electrons. The smallest absolute Gasteiger partial charge is 0.258 e. The molecule has 2 N–H and O–H groups in total. The fraction of sp³-hybridized carbons (Fsp3) is 0.500. The van der Waals surface area contributed by atoms with Gasteiger partial charge in [-0.05, 0) is 25.0 Å². The van der Waals surface area contributed by atoms with Crippen LogP contribution in [0.15, 0.2) is 16.7 Å². The number of rotatable bonds is 5. The van der Waals surface area contributed by atoms with Crippen molar-refractivity contribution in [2.24, 2.45) is 5.73 Å². The second kappa shape index (κ2) is 7.27. The Balaban J connectivity index is 0.00000208. The Morgan fingerprint density at radius 3 is 2.12 bits per heavy atom. The first-order valence-electron chi connectivity index (χ1n) is 7.55. The minimum absolute atomic E-state index is 0. The predicted octanol–water partition coefficient (Wildman–Crippen LogP) is 2.91. The standard InChI is InChI=1S/C16H21N3O4.ClH/c1-20-11-8-10(9-12(21-2)13(11)22-3)14-18-15(19-23-14)16(17)6-4-5-7-16;/h8-9H,4-7,17H2,1-3H3;1H. The molecule has 24 heavy (non-hydrogen) atoms. The van der Waals surface area contributed by atoms with Gasteiger partial charge in [0.15, 0.2) is 17.3 Å². The zero-order valence-corrected chi connectivity index (χ0v) is 14.8. The molecular formula is C16H22ClN3O4. The zero-order valence-electron chi connectivity index (χ0n) is 14.0. The Labute approximate surface area is 146 Å². The maximum Gasteiger partial charge on any atom is 0.258 e. The van der Waals surface area contributed by atoms with Crippen molar-refractivity contribution in [1.82, 2.24) is 10.1 Å². The number of ether oxygens (including phenoxy) is 3. The third kappa shape index (κ3) is 3.14. The van der Waals surface area contributed by atoms with Crippen molar-refractivity contribution in [2.75, 3.05) is 21.3 Å². The zero-order chi connectivity index (χ0) is 16.4. The summed E-state index contributed by atoms with van der Waals surface area (Å²) in [6.45, 7) is 0. The summed E-state index contributed by atoms with van der Waals surface area (Å²) >= 11 is 0. The Hall–Kier alpha value is -1.99. The maximum atomic E-state index is 6.38. The molecule has 1 aromatic heterocycles. The molecule has 0 radical (unpaired) electrons. The molecule has 1 heterocycles. The van der Waals surface area contributed by atoms with E-state index in [1.54, 1.807) is 33.5 Å². The molecule has 2 aromatic rings. The van der Waals surface area contributed by atoms with Crippen LogP contribution in [0.3, 0.4) is 0 Å². The SMILES string of the molecule is COc1cc(-c2nc(C3(N)CCCC3)no2)cc(OC)c1OC.Cl. The summed E-state index contributed by atoms with van der Waals surface area (Å²) in [6, 6.07) is 3.55. The van der Waals surface area contributed by atoms with Crippen LogP contribution in [-0.2, 0) is 5.54 Å². The van der Waals surface area contributed by atoms with E-state index >= 15 is 0 Å². The Bertz CT molecular complexity index is 673. The molecule has 0 saturated heterocycles. The molecule has 0 spiro atoms. The summed E-state index contributed by atoms with van der Waals surface area (Å²) < 4.78 is 21.4. The van der Waals surface area contributed by atoms with Gasteiger partial charge in [-0.2, -0.15) is 4.98 Å². The summed E-state index contributed by atoms with van der Waals surface area (Å²) in [5.41, 5.74) is 6.59. The van der Waals surface area contributed by atoms with Crippen molar-refractivity contribution in [2.45, 2.75) is 31.2 Å². The highest BCUT2D eigenvalue weighted by atomic mass is 35.5. The van der Waals surface area contributed by atoms with Crippen LogP contribution in [0.4, 0.5) is 0 Å². The monoisotopic (exact) mass is 355 g/mol. The Morgan fingerprint density at radius 1 is 1.04 bits per heavy atom. The minimum Gasteiger partial charge on any atom is -0.493 e. The van der Waals surface area contributed by atoms with E-state index in [-0.39, 0.29) is 12.4 Å². The Kier molecular flexibility index (Phi) is 5.56. The van der Waals surface area contributed by atoms with Gasteiger partial charge in [0, 0.05) is 5.56 Å². The van der Waals surface area contributed by atoms with Crippen LogP contribution in [0, 0.1) is 0 Å². The van der Waals surface area contributed by atoms with E-state index in [1.807, 2.05) is 0 Å². The van der Waals surface area contributed by atoms with E-state index < -0.39 is 5.54 Å². The van der Waals surface area contributed by atoms with E-state index in [4.69, 9.17) is 24.5 Å². The molecule has 1 aromatic carbocycles.